The number of nitrogens with one attached hydrogen (secondary N) is 1. The zero-order valence-corrected chi connectivity index (χ0v) is 16.6. The molecule has 0 unspecified atom stereocenters. The van der Waals surface area contributed by atoms with Crippen molar-refractivity contribution < 1.29 is 0 Å². The molecule has 0 saturated heterocycles. The SMILES string of the molecule is CCc1cc(N(C)c2ccc(-c3ccccc3-c3nnn[nH]3)cc2)n2ncnc2n1. The van der Waals surface area contributed by atoms with Crippen LogP contribution in [0.15, 0.2) is 60.9 Å². The van der Waals surface area contributed by atoms with Gasteiger partial charge in [0, 0.05) is 30.1 Å². The van der Waals surface area contributed by atoms with Gasteiger partial charge in [0.05, 0.1) is 0 Å². The number of anilines is 2. The molecule has 0 aliphatic rings. The maximum Gasteiger partial charge on any atom is 0.254 e. The molecule has 0 fully saturated rings. The van der Waals surface area contributed by atoms with Crippen LogP contribution < -0.4 is 4.90 Å². The fourth-order valence-corrected chi connectivity index (χ4v) is 3.48. The predicted octanol–water partition coefficient (Wildman–Crippen LogP) is 3.30. The van der Waals surface area contributed by atoms with Crippen LogP contribution in [-0.2, 0) is 6.42 Å². The second kappa shape index (κ2) is 7.36. The molecular weight excluding hydrogens is 378 g/mol. The molecule has 5 rings (SSSR count). The summed E-state index contributed by atoms with van der Waals surface area (Å²) in [4.78, 5) is 10.9. The molecule has 0 spiro atoms. The van der Waals surface area contributed by atoms with Crippen molar-refractivity contribution >= 4 is 17.3 Å². The molecule has 2 aromatic carbocycles. The molecule has 0 amide bonds. The molecule has 0 radical (unpaired) electrons. The molecule has 0 aliphatic heterocycles. The first-order valence-electron chi connectivity index (χ1n) is 9.61. The van der Waals surface area contributed by atoms with E-state index in [1.165, 1.54) is 6.33 Å². The number of benzene rings is 2. The third-order valence-corrected chi connectivity index (χ3v) is 5.09. The molecule has 0 saturated carbocycles. The monoisotopic (exact) mass is 397 g/mol. The average Bonchev–Trinajstić information content (AvgIpc) is 3.50. The van der Waals surface area contributed by atoms with Crippen molar-refractivity contribution in [3.63, 3.8) is 0 Å². The van der Waals surface area contributed by atoms with Crippen LogP contribution in [0.5, 0.6) is 0 Å². The van der Waals surface area contributed by atoms with Crippen molar-refractivity contribution in [3.05, 3.63) is 66.6 Å². The zero-order valence-electron chi connectivity index (χ0n) is 16.6. The van der Waals surface area contributed by atoms with Crippen LogP contribution in [0.1, 0.15) is 12.6 Å². The molecule has 1 N–H and O–H groups in total. The number of hydrogen-bond donors (Lipinski definition) is 1. The second-order valence-electron chi connectivity index (χ2n) is 6.83. The Labute approximate surface area is 172 Å². The fraction of sp³-hybridized carbons (Fsp3) is 0.143. The summed E-state index contributed by atoms with van der Waals surface area (Å²) in [5.74, 6) is 2.15. The van der Waals surface area contributed by atoms with Crippen molar-refractivity contribution in [2.75, 3.05) is 11.9 Å². The predicted molar refractivity (Wildman–Crippen MR) is 113 cm³/mol. The van der Waals surface area contributed by atoms with E-state index in [0.29, 0.717) is 11.6 Å². The van der Waals surface area contributed by atoms with Gasteiger partial charge in [0.2, 0.25) is 0 Å². The van der Waals surface area contributed by atoms with Crippen LogP contribution in [-0.4, -0.2) is 47.3 Å². The number of nitrogens with zero attached hydrogens (tertiary/aromatic N) is 8. The summed E-state index contributed by atoms with van der Waals surface area (Å²) in [7, 11) is 2.01. The Morgan fingerprint density at radius 1 is 1.03 bits per heavy atom. The third kappa shape index (κ3) is 3.06. The molecule has 9 heteroatoms. The number of aromatic amines is 1. The molecule has 148 valence electrons. The Kier molecular flexibility index (Phi) is 4.40. The highest BCUT2D eigenvalue weighted by atomic mass is 15.5. The van der Waals surface area contributed by atoms with Crippen LogP contribution in [0.3, 0.4) is 0 Å². The lowest BCUT2D eigenvalue weighted by Crippen LogP contribution is -2.15. The van der Waals surface area contributed by atoms with Gasteiger partial charge in [0.15, 0.2) is 5.82 Å². The van der Waals surface area contributed by atoms with Gasteiger partial charge in [-0.05, 0) is 40.1 Å². The van der Waals surface area contributed by atoms with E-state index in [1.54, 1.807) is 4.52 Å². The van der Waals surface area contributed by atoms with Crippen LogP contribution in [0.4, 0.5) is 11.5 Å². The van der Waals surface area contributed by atoms with Crippen molar-refractivity contribution in [2.24, 2.45) is 0 Å². The van der Waals surface area contributed by atoms with Gasteiger partial charge in [-0.2, -0.15) is 14.6 Å². The number of aryl methyl sites for hydroxylation is 1. The summed E-state index contributed by atoms with van der Waals surface area (Å²) in [6.45, 7) is 2.08. The number of aromatic nitrogens is 8. The molecule has 0 atom stereocenters. The second-order valence-corrected chi connectivity index (χ2v) is 6.83. The van der Waals surface area contributed by atoms with Gasteiger partial charge in [-0.3, -0.25) is 0 Å². The lowest BCUT2D eigenvalue weighted by molar-refractivity contribution is 0.881. The summed E-state index contributed by atoms with van der Waals surface area (Å²) in [5, 5.41) is 18.6. The van der Waals surface area contributed by atoms with Crippen molar-refractivity contribution in [1.29, 1.82) is 0 Å². The highest BCUT2D eigenvalue weighted by Crippen LogP contribution is 2.32. The van der Waals surface area contributed by atoms with Crippen LogP contribution >= 0.6 is 0 Å². The molecule has 3 aromatic heterocycles. The largest absolute Gasteiger partial charge is 0.329 e. The van der Waals surface area contributed by atoms with Crippen LogP contribution in [0.25, 0.3) is 28.3 Å². The Balaban J connectivity index is 1.52. The highest BCUT2D eigenvalue weighted by molar-refractivity contribution is 5.81. The topological polar surface area (TPSA) is 101 Å². The summed E-state index contributed by atoms with van der Waals surface area (Å²) < 4.78 is 1.75. The van der Waals surface area contributed by atoms with E-state index in [1.807, 2.05) is 31.3 Å². The van der Waals surface area contributed by atoms with Crippen molar-refractivity contribution in [2.45, 2.75) is 13.3 Å². The molecule has 0 bridgehead atoms. The quantitative estimate of drug-likeness (QED) is 0.485. The van der Waals surface area contributed by atoms with Gasteiger partial charge in [0.1, 0.15) is 12.1 Å². The fourth-order valence-electron chi connectivity index (χ4n) is 3.48. The highest BCUT2D eigenvalue weighted by Gasteiger charge is 2.14. The smallest absolute Gasteiger partial charge is 0.254 e. The number of H-pyrrole nitrogens is 1. The van der Waals surface area contributed by atoms with E-state index in [4.69, 9.17) is 0 Å². The van der Waals surface area contributed by atoms with Crippen LogP contribution in [0.2, 0.25) is 0 Å². The van der Waals surface area contributed by atoms with Gasteiger partial charge < -0.3 is 4.90 Å². The minimum Gasteiger partial charge on any atom is -0.329 e. The van der Waals surface area contributed by atoms with Crippen molar-refractivity contribution in [1.82, 2.24) is 40.2 Å². The third-order valence-electron chi connectivity index (χ3n) is 5.09. The average molecular weight is 397 g/mol. The van der Waals surface area contributed by atoms with Crippen LogP contribution in [0, 0.1) is 0 Å². The van der Waals surface area contributed by atoms with Gasteiger partial charge in [-0.1, -0.05) is 43.3 Å². The Hall–Kier alpha value is -4.14. The van der Waals surface area contributed by atoms with E-state index >= 15 is 0 Å². The van der Waals surface area contributed by atoms with Gasteiger partial charge in [-0.25, -0.2) is 10.1 Å². The standard InChI is InChI=1S/C21H19N9/c1-3-15-12-19(30-21(24-15)22-13-23-30)29(2)16-10-8-14(9-11-16)17-6-4-5-7-18(17)20-25-27-28-26-20/h4-13H,3H2,1-2H3,(H,25,26,27,28). The number of tetrazole rings is 1. The first-order valence-corrected chi connectivity index (χ1v) is 9.61. The summed E-state index contributed by atoms with van der Waals surface area (Å²) in [6.07, 6.45) is 2.36. The Morgan fingerprint density at radius 3 is 2.57 bits per heavy atom. The molecule has 5 aromatic rings. The van der Waals surface area contributed by atoms with Crippen molar-refractivity contribution in [3.8, 4) is 22.5 Å². The number of hydrogen-bond acceptors (Lipinski definition) is 7. The molecule has 3 heterocycles. The normalized spacial score (nSPS) is 11.1. The minimum atomic E-state index is 0.599. The van der Waals surface area contributed by atoms with Gasteiger partial charge >= 0.3 is 0 Å². The Morgan fingerprint density at radius 2 is 1.83 bits per heavy atom. The minimum absolute atomic E-state index is 0.599. The molecule has 30 heavy (non-hydrogen) atoms. The number of fused-ring (bicyclic) bond motifs is 1. The lowest BCUT2D eigenvalue weighted by Gasteiger charge is -2.21. The van der Waals surface area contributed by atoms with E-state index in [2.05, 4.69) is 77.8 Å². The van der Waals surface area contributed by atoms with E-state index in [0.717, 1.165) is 40.3 Å². The van der Waals surface area contributed by atoms with Gasteiger partial charge in [0.25, 0.3) is 5.78 Å². The summed E-state index contributed by atoms with van der Waals surface area (Å²) in [5.41, 5.74) is 5.09. The molecule has 0 aliphatic carbocycles. The summed E-state index contributed by atoms with van der Waals surface area (Å²) >= 11 is 0. The van der Waals surface area contributed by atoms with E-state index < -0.39 is 0 Å². The Bertz CT molecular complexity index is 1290. The molecular formula is C21H19N9. The maximum atomic E-state index is 4.52. The molecule has 9 nitrogen and oxygen atoms in total. The van der Waals surface area contributed by atoms with E-state index in [-0.39, 0.29) is 0 Å². The number of rotatable bonds is 5. The maximum absolute atomic E-state index is 4.52. The lowest BCUT2D eigenvalue weighted by atomic mass is 9.99. The zero-order chi connectivity index (χ0) is 20.5. The van der Waals surface area contributed by atoms with Gasteiger partial charge in [-0.15, -0.1) is 5.10 Å². The first-order chi connectivity index (χ1) is 14.7. The van der Waals surface area contributed by atoms with E-state index in [9.17, 15) is 0 Å². The summed E-state index contributed by atoms with van der Waals surface area (Å²) in [6, 6.07) is 18.4. The first kappa shape index (κ1) is 17.9.